The van der Waals surface area contributed by atoms with Gasteiger partial charge in [0.05, 0.1) is 18.5 Å². The number of amides is 2. The predicted octanol–water partition coefficient (Wildman–Crippen LogP) is 2.47. The van der Waals surface area contributed by atoms with Crippen molar-refractivity contribution < 1.29 is 14.6 Å². The van der Waals surface area contributed by atoms with Crippen LogP contribution in [0.25, 0.3) is 0 Å². The molecule has 1 heterocycles. The topological polar surface area (TPSA) is 83.5 Å². The van der Waals surface area contributed by atoms with Gasteiger partial charge in [0.15, 0.2) is 0 Å². The first-order valence-electron chi connectivity index (χ1n) is 6.93. The molecular formula is C16H19N3O3. The number of hydrogen-bond acceptors (Lipinski definition) is 4. The fourth-order valence-electron chi connectivity index (χ4n) is 1.93. The molecule has 0 saturated heterocycles. The van der Waals surface area contributed by atoms with E-state index < -0.39 is 0 Å². The third kappa shape index (κ3) is 4.37. The quantitative estimate of drug-likeness (QED) is 0.792. The van der Waals surface area contributed by atoms with Gasteiger partial charge >= 0.3 is 6.03 Å². The molecule has 2 aromatic rings. The van der Waals surface area contributed by atoms with Crippen molar-refractivity contribution in [1.82, 2.24) is 10.3 Å². The van der Waals surface area contributed by atoms with Crippen LogP contribution in [0, 0.1) is 6.92 Å². The largest absolute Gasteiger partial charge is 0.508 e. The Balaban J connectivity index is 1.81. The number of pyridine rings is 1. The highest BCUT2D eigenvalue weighted by Crippen LogP contribution is 2.16. The monoisotopic (exact) mass is 301 g/mol. The zero-order valence-corrected chi connectivity index (χ0v) is 12.6. The maximum Gasteiger partial charge on any atom is 0.319 e. The molecule has 1 aromatic carbocycles. The highest BCUT2D eigenvalue weighted by molar-refractivity contribution is 5.89. The maximum absolute atomic E-state index is 11.8. The number of aromatic nitrogens is 1. The lowest BCUT2D eigenvalue weighted by Crippen LogP contribution is -2.30. The van der Waals surface area contributed by atoms with E-state index in [1.165, 1.54) is 0 Å². The van der Waals surface area contributed by atoms with Gasteiger partial charge in [0.25, 0.3) is 0 Å². The molecule has 6 heteroatoms. The van der Waals surface area contributed by atoms with E-state index in [2.05, 4.69) is 15.6 Å². The van der Waals surface area contributed by atoms with Crippen molar-refractivity contribution in [2.45, 2.75) is 13.3 Å². The molecule has 0 bridgehead atoms. The average molecular weight is 301 g/mol. The van der Waals surface area contributed by atoms with Crippen molar-refractivity contribution in [1.29, 1.82) is 0 Å². The van der Waals surface area contributed by atoms with E-state index in [1.807, 2.05) is 12.1 Å². The molecular weight excluding hydrogens is 282 g/mol. The van der Waals surface area contributed by atoms with E-state index in [0.717, 1.165) is 5.56 Å². The lowest BCUT2D eigenvalue weighted by atomic mass is 10.1. The van der Waals surface area contributed by atoms with Gasteiger partial charge in [-0.15, -0.1) is 0 Å². The van der Waals surface area contributed by atoms with Crippen LogP contribution in [-0.4, -0.2) is 29.8 Å². The molecule has 0 atom stereocenters. The van der Waals surface area contributed by atoms with E-state index in [9.17, 15) is 9.90 Å². The number of ether oxygens (including phenoxy) is 1. The van der Waals surface area contributed by atoms with Crippen LogP contribution in [0.1, 0.15) is 11.3 Å². The number of aryl methyl sites for hydroxylation is 1. The predicted molar refractivity (Wildman–Crippen MR) is 84.4 cm³/mol. The Morgan fingerprint density at radius 2 is 1.95 bits per heavy atom. The van der Waals surface area contributed by atoms with Crippen molar-refractivity contribution in [3.8, 4) is 11.6 Å². The van der Waals surface area contributed by atoms with E-state index >= 15 is 0 Å². The first-order valence-corrected chi connectivity index (χ1v) is 6.93. The molecule has 0 saturated carbocycles. The average Bonchev–Trinajstić information content (AvgIpc) is 2.51. The number of urea groups is 1. The van der Waals surface area contributed by atoms with Crippen LogP contribution in [0.3, 0.4) is 0 Å². The molecule has 0 unspecified atom stereocenters. The first-order chi connectivity index (χ1) is 10.6. The Hall–Kier alpha value is -2.76. The molecule has 0 aliphatic heterocycles. The number of benzene rings is 1. The number of rotatable bonds is 5. The SMILES string of the molecule is COc1ccc(NC(=O)NCCc2ccc(O)cc2)c(C)n1. The molecule has 3 N–H and O–H groups in total. The summed E-state index contributed by atoms with van der Waals surface area (Å²) in [5.41, 5.74) is 2.37. The van der Waals surface area contributed by atoms with Crippen LogP contribution >= 0.6 is 0 Å². The van der Waals surface area contributed by atoms with Gasteiger partial charge in [-0.3, -0.25) is 0 Å². The molecule has 0 spiro atoms. The minimum absolute atomic E-state index is 0.233. The molecule has 22 heavy (non-hydrogen) atoms. The van der Waals surface area contributed by atoms with Crippen LogP contribution < -0.4 is 15.4 Å². The molecule has 0 radical (unpaired) electrons. The van der Waals surface area contributed by atoms with Gasteiger partial charge in [0, 0.05) is 12.6 Å². The minimum Gasteiger partial charge on any atom is -0.508 e. The number of nitrogens with one attached hydrogen (secondary N) is 2. The van der Waals surface area contributed by atoms with Gasteiger partial charge in [-0.05, 0) is 37.1 Å². The Kier molecular flexibility index (Phi) is 5.19. The van der Waals surface area contributed by atoms with Gasteiger partial charge in [0.2, 0.25) is 5.88 Å². The lowest BCUT2D eigenvalue weighted by molar-refractivity contribution is 0.252. The van der Waals surface area contributed by atoms with E-state index in [1.54, 1.807) is 38.3 Å². The normalized spacial score (nSPS) is 10.1. The van der Waals surface area contributed by atoms with Crippen LogP contribution in [0.15, 0.2) is 36.4 Å². The number of methoxy groups -OCH3 is 1. The smallest absolute Gasteiger partial charge is 0.319 e. The first kappa shape index (κ1) is 15.6. The van der Waals surface area contributed by atoms with E-state index in [4.69, 9.17) is 4.74 Å². The highest BCUT2D eigenvalue weighted by atomic mass is 16.5. The Morgan fingerprint density at radius 3 is 2.59 bits per heavy atom. The minimum atomic E-state index is -0.283. The van der Waals surface area contributed by atoms with E-state index in [-0.39, 0.29) is 11.8 Å². The van der Waals surface area contributed by atoms with Crippen LogP contribution in [0.2, 0.25) is 0 Å². The zero-order chi connectivity index (χ0) is 15.9. The number of carbonyl (C=O) groups excluding carboxylic acids is 1. The van der Waals surface area contributed by atoms with Crippen LogP contribution in [-0.2, 0) is 6.42 Å². The number of phenols is 1. The third-order valence-corrected chi connectivity index (χ3v) is 3.15. The third-order valence-electron chi connectivity index (χ3n) is 3.15. The number of phenolic OH excluding ortho intramolecular Hbond substituents is 1. The lowest BCUT2D eigenvalue weighted by Gasteiger charge is -2.10. The van der Waals surface area contributed by atoms with Crippen molar-refractivity contribution in [3.63, 3.8) is 0 Å². The number of hydrogen-bond donors (Lipinski definition) is 3. The van der Waals surface area contributed by atoms with Gasteiger partial charge in [-0.1, -0.05) is 12.1 Å². The second-order valence-electron chi connectivity index (χ2n) is 4.78. The Labute approximate surface area is 129 Å². The van der Waals surface area contributed by atoms with Crippen molar-refractivity contribution in [3.05, 3.63) is 47.7 Å². The Bertz CT molecular complexity index is 642. The molecule has 6 nitrogen and oxygen atoms in total. The van der Waals surface area contributed by atoms with Crippen molar-refractivity contribution in [2.75, 3.05) is 19.0 Å². The van der Waals surface area contributed by atoms with Crippen molar-refractivity contribution in [2.24, 2.45) is 0 Å². The fraction of sp³-hybridized carbons (Fsp3) is 0.250. The van der Waals surface area contributed by atoms with Crippen LogP contribution in [0.4, 0.5) is 10.5 Å². The summed E-state index contributed by atoms with van der Waals surface area (Å²) in [5.74, 6) is 0.743. The van der Waals surface area contributed by atoms with Crippen LogP contribution in [0.5, 0.6) is 11.6 Å². The summed E-state index contributed by atoms with van der Waals surface area (Å²) in [4.78, 5) is 16.0. The molecule has 0 aliphatic carbocycles. The summed E-state index contributed by atoms with van der Waals surface area (Å²) in [6.07, 6.45) is 0.688. The number of carbonyl (C=O) groups is 1. The number of nitrogens with zero attached hydrogens (tertiary/aromatic N) is 1. The summed E-state index contributed by atoms with van der Waals surface area (Å²) in [6.45, 7) is 2.30. The zero-order valence-electron chi connectivity index (χ0n) is 12.6. The fourth-order valence-corrected chi connectivity index (χ4v) is 1.93. The number of aromatic hydroxyl groups is 1. The summed E-state index contributed by atoms with van der Waals surface area (Å²) >= 11 is 0. The molecule has 1 aromatic heterocycles. The van der Waals surface area contributed by atoms with Gasteiger partial charge in [-0.25, -0.2) is 9.78 Å². The van der Waals surface area contributed by atoms with Gasteiger partial charge in [0.1, 0.15) is 5.75 Å². The molecule has 116 valence electrons. The summed E-state index contributed by atoms with van der Waals surface area (Å²) in [5, 5.41) is 14.7. The molecule has 0 fully saturated rings. The summed E-state index contributed by atoms with van der Waals surface area (Å²) < 4.78 is 5.02. The summed E-state index contributed by atoms with van der Waals surface area (Å²) in [7, 11) is 1.55. The second-order valence-corrected chi connectivity index (χ2v) is 4.78. The highest BCUT2D eigenvalue weighted by Gasteiger charge is 2.06. The molecule has 2 rings (SSSR count). The maximum atomic E-state index is 11.8. The Morgan fingerprint density at radius 1 is 1.23 bits per heavy atom. The van der Waals surface area contributed by atoms with E-state index in [0.29, 0.717) is 30.2 Å². The standard InChI is InChI=1S/C16H19N3O3/c1-11-14(7-8-15(18-11)22-2)19-16(21)17-10-9-12-3-5-13(20)6-4-12/h3-8,20H,9-10H2,1-2H3,(H2,17,19,21). The van der Waals surface area contributed by atoms with Gasteiger partial charge < -0.3 is 20.5 Å². The summed E-state index contributed by atoms with van der Waals surface area (Å²) in [6, 6.07) is 10.1. The molecule has 0 aliphatic rings. The van der Waals surface area contributed by atoms with Crippen molar-refractivity contribution >= 4 is 11.7 Å². The number of anilines is 1. The molecule has 2 amide bonds. The second kappa shape index (κ2) is 7.31. The van der Waals surface area contributed by atoms with Gasteiger partial charge in [-0.2, -0.15) is 0 Å².